The van der Waals surface area contributed by atoms with Gasteiger partial charge in [0.1, 0.15) is 0 Å². The van der Waals surface area contributed by atoms with Crippen LogP contribution in [-0.4, -0.2) is 0 Å². The Labute approximate surface area is 171 Å². The number of hydrogen-bond acceptors (Lipinski definition) is 2. The monoisotopic (exact) mass is 392 g/mol. The van der Waals surface area contributed by atoms with Crippen molar-refractivity contribution in [3.63, 3.8) is 0 Å². The molecule has 0 bridgehead atoms. The smallest absolute Gasteiger partial charge is 0.0449 e. The van der Waals surface area contributed by atoms with Gasteiger partial charge in [-0.05, 0) is 91.8 Å². The Balaban J connectivity index is 1.49. The number of thiophene rings is 2. The fourth-order valence-electron chi connectivity index (χ4n) is 3.89. The van der Waals surface area contributed by atoms with Crippen molar-refractivity contribution >= 4 is 55.0 Å². The highest BCUT2D eigenvalue weighted by Crippen LogP contribution is 2.38. The van der Waals surface area contributed by atoms with E-state index in [1.165, 1.54) is 52.5 Å². The molecular formula is C26H16S2. The quantitative estimate of drug-likeness (QED) is 0.259. The predicted octanol–water partition coefficient (Wildman–Crippen LogP) is 8.60. The van der Waals surface area contributed by atoms with E-state index in [0.717, 1.165) is 0 Å². The molecule has 0 saturated carbocycles. The van der Waals surface area contributed by atoms with Crippen LogP contribution in [0.2, 0.25) is 0 Å². The maximum absolute atomic E-state index is 2.33. The number of rotatable bonds is 2. The van der Waals surface area contributed by atoms with Gasteiger partial charge in [-0.15, -0.1) is 22.7 Å². The molecule has 0 aliphatic heterocycles. The lowest BCUT2D eigenvalue weighted by atomic mass is 9.98. The minimum absolute atomic E-state index is 1.29. The summed E-state index contributed by atoms with van der Waals surface area (Å²) in [5, 5.41) is 9.92. The molecule has 0 aliphatic carbocycles. The third-order valence-corrected chi connectivity index (χ3v) is 7.51. The Morgan fingerprint density at radius 3 is 1.79 bits per heavy atom. The van der Waals surface area contributed by atoms with Gasteiger partial charge in [-0.25, -0.2) is 0 Å². The van der Waals surface area contributed by atoms with E-state index in [2.05, 4.69) is 96.4 Å². The van der Waals surface area contributed by atoms with Crippen LogP contribution < -0.4 is 0 Å². The molecule has 2 heteroatoms. The zero-order valence-corrected chi connectivity index (χ0v) is 16.7. The summed E-state index contributed by atoms with van der Waals surface area (Å²) in [5.74, 6) is 0. The van der Waals surface area contributed by atoms with E-state index in [4.69, 9.17) is 0 Å². The van der Waals surface area contributed by atoms with Gasteiger partial charge < -0.3 is 0 Å². The fraction of sp³-hybridized carbons (Fsp3) is 0. The van der Waals surface area contributed by atoms with Gasteiger partial charge in [-0.2, -0.15) is 0 Å². The van der Waals surface area contributed by atoms with Crippen LogP contribution in [0.5, 0.6) is 0 Å². The van der Waals surface area contributed by atoms with Crippen LogP contribution in [0.15, 0.2) is 96.4 Å². The SMILES string of the molecule is c1csc(-c2ccc(-c3ccc4cc5cc6ccccc6cc5cc4c3)s2)c1. The molecule has 132 valence electrons. The maximum Gasteiger partial charge on any atom is 0.0449 e. The molecule has 0 atom stereocenters. The first kappa shape index (κ1) is 16.1. The third kappa shape index (κ3) is 2.65. The molecule has 2 heterocycles. The van der Waals surface area contributed by atoms with Crippen LogP contribution >= 0.6 is 22.7 Å². The van der Waals surface area contributed by atoms with Gasteiger partial charge in [0.2, 0.25) is 0 Å². The highest BCUT2D eigenvalue weighted by Gasteiger charge is 2.07. The molecule has 0 spiro atoms. The summed E-state index contributed by atoms with van der Waals surface area (Å²) in [4.78, 5) is 4.01. The lowest BCUT2D eigenvalue weighted by Crippen LogP contribution is -1.80. The van der Waals surface area contributed by atoms with E-state index < -0.39 is 0 Å². The van der Waals surface area contributed by atoms with Gasteiger partial charge in [0, 0.05) is 14.6 Å². The van der Waals surface area contributed by atoms with Crippen molar-refractivity contribution in [3.8, 4) is 20.2 Å². The summed E-state index contributed by atoms with van der Waals surface area (Å²) >= 11 is 3.67. The Kier molecular flexibility index (Phi) is 3.61. The van der Waals surface area contributed by atoms with Gasteiger partial charge in [-0.3, -0.25) is 0 Å². The highest BCUT2D eigenvalue weighted by atomic mass is 32.1. The molecule has 0 radical (unpaired) electrons. The van der Waals surface area contributed by atoms with Crippen LogP contribution in [0.1, 0.15) is 0 Å². The number of fused-ring (bicyclic) bond motifs is 3. The van der Waals surface area contributed by atoms with Crippen LogP contribution in [-0.2, 0) is 0 Å². The second-order valence-corrected chi connectivity index (χ2v) is 9.13. The summed E-state index contributed by atoms with van der Waals surface area (Å²) in [6.07, 6.45) is 0. The average molecular weight is 393 g/mol. The summed E-state index contributed by atoms with van der Waals surface area (Å²) in [5.41, 5.74) is 1.29. The van der Waals surface area contributed by atoms with E-state index in [1.807, 2.05) is 11.3 Å². The van der Waals surface area contributed by atoms with Gasteiger partial charge in [0.15, 0.2) is 0 Å². The Bertz CT molecular complexity index is 1450. The molecule has 0 aliphatic rings. The van der Waals surface area contributed by atoms with E-state index >= 15 is 0 Å². The number of benzene rings is 4. The van der Waals surface area contributed by atoms with Crippen LogP contribution in [0.3, 0.4) is 0 Å². The first-order valence-electron chi connectivity index (χ1n) is 9.34. The number of hydrogen-bond donors (Lipinski definition) is 0. The maximum atomic E-state index is 2.33. The fourth-order valence-corrected chi connectivity index (χ4v) is 5.73. The molecule has 0 amide bonds. The molecule has 28 heavy (non-hydrogen) atoms. The normalized spacial score (nSPS) is 11.6. The molecule has 0 N–H and O–H groups in total. The predicted molar refractivity (Wildman–Crippen MR) is 126 cm³/mol. The van der Waals surface area contributed by atoms with Crippen molar-refractivity contribution < 1.29 is 0 Å². The average Bonchev–Trinajstić information content (AvgIpc) is 3.42. The molecule has 4 aromatic carbocycles. The van der Waals surface area contributed by atoms with E-state index in [1.54, 1.807) is 11.3 Å². The van der Waals surface area contributed by atoms with Gasteiger partial charge in [0.25, 0.3) is 0 Å². The lowest BCUT2D eigenvalue weighted by Gasteiger charge is -2.07. The third-order valence-electron chi connectivity index (χ3n) is 5.31. The summed E-state index contributed by atoms with van der Waals surface area (Å²) in [6.45, 7) is 0. The minimum atomic E-state index is 1.29. The molecule has 2 aromatic heterocycles. The molecular weight excluding hydrogens is 376 g/mol. The Morgan fingerprint density at radius 2 is 1.07 bits per heavy atom. The van der Waals surface area contributed by atoms with Crippen molar-refractivity contribution in [3.05, 3.63) is 96.4 Å². The van der Waals surface area contributed by atoms with Crippen molar-refractivity contribution in [1.29, 1.82) is 0 Å². The van der Waals surface area contributed by atoms with Crippen molar-refractivity contribution in [2.75, 3.05) is 0 Å². The highest BCUT2D eigenvalue weighted by molar-refractivity contribution is 7.23. The summed E-state index contributed by atoms with van der Waals surface area (Å²) in [7, 11) is 0. The second kappa shape index (κ2) is 6.30. The summed E-state index contributed by atoms with van der Waals surface area (Å²) < 4.78 is 0. The van der Waals surface area contributed by atoms with E-state index in [0.29, 0.717) is 0 Å². The van der Waals surface area contributed by atoms with Crippen LogP contribution in [0.4, 0.5) is 0 Å². The van der Waals surface area contributed by atoms with Crippen molar-refractivity contribution in [1.82, 2.24) is 0 Å². The molecule has 6 aromatic rings. The zero-order chi connectivity index (χ0) is 18.5. The van der Waals surface area contributed by atoms with Gasteiger partial charge in [-0.1, -0.05) is 42.5 Å². The zero-order valence-electron chi connectivity index (χ0n) is 15.1. The van der Waals surface area contributed by atoms with Gasteiger partial charge in [0.05, 0.1) is 0 Å². The first-order chi connectivity index (χ1) is 13.8. The van der Waals surface area contributed by atoms with E-state index in [9.17, 15) is 0 Å². The Hall–Kier alpha value is -2.94. The first-order valence-corrected chi connectivity index (χ1v) is 11.0. The van der Waals surface area contributed by atoms with Gasteiger partial charge >= 0.3 is 0 Å². The molecule has 0 saturated heterocycles. The lowest BCUT2D eigenvalue weighted by molar-refractivity contribution is 1.76. The summed E-state index contributed by atoms with van der Waals surface area (Å²) in [6, 6.07) is 33.4. The van der Waals surface area contributed by atoms with E-state index in [-0.39, 0.29) is 0 Å². The molecule has 0 unspecified atom stereocenters. The Morgan fingerprint density at radius 1 is 0.429 bits per heavy atom. The molecule has 0 nitrogen and oxygen atoms in total. The molecule has 6 rings (SSSR count). The van der Waals surface area contributed by atoms with Crippen molar-refractivity contribution in [2.45, 2.75) is 0 Å². The van der Waals surface area contributed by atoms with Crippen LogP contribution in [0, 0.1) is 0 Å². The minimum Gasteiger partial charge on any atom is -0.143 e. The molecule has 0 fully saturated rings. The van der Waals surface area contributed by atoms with Crippen LogP contribution in [0.25, 0.3) is 52.5 Å². The standard InChI is InChI=1S/C26H16S2/c1-2-5-18-13-23-16-21-15-20(8-7-19(21)14-22(23)12-17(18)4-1)24-9-10-26(28-24)25-6-3-11-27-25/h1-16H. The van der Waals surface area contributed by atoms with Crippen molar-refractivity contribution in [2.24, 2.45) is 0 Å². The topological polar surface area (TPSA) is 0 Å². The second-order valence-electron chi connectivity index (χ2n) is 7.10. The largest absolute Gasteiger partial charge is 0.143 e.